The van der Waals surface area contributed by atoms with Crippen LogP contribution in [-0.2, 0) is 0 Å². The van der Waals surface area contributed by atoms with E-state index in [4.69, 9.17) is 23.2 Å². The highest BCUT2D eigenvalue weighted by atomic mass is 79.9. The number of benzene rings is 1. The van der Waals surface area contributed by atoms with E-state index >= 15 is 0 Å². The van der Waals surface area contributed by atoms with Gasteiger partial charge in [-0.25, -0.2) is 9.97 Å². The Balaban J connectivity index is 2.54. The Labute approximate surface area is 105 Å². The van der Waals surface area contributed by atoms with Gasteiger partial charge in [-0.3, -0.25) is 0 Å². The molecule has 0 amide bonds. The Hall–Kier alpha value is -0.640. The van der Waals surface area contributed by atoms with Crippen molar-refractivity contribution in [2.45, 2.75) is 0 Å². The van der Waals surface area contributed by atoms with Crippen molar-refractivity contribution >= 4 is 39.1 Å². The van der Waals surface area contributed by atoms with Gasteiger partial charge in [0.25, 0.3) is 0 Å². The summed E-state index contributed by atoms with van der Waals surface area (Å²) in [7, 11) is 0. The van der Waals surface area contributed by atoms with Gasteiger partial charge in [-0.2, -0.15) is 0 Å². The zero-order valence-corrected chi connectivity index (χ0v) is 10.5. The fourth-order valence-electron chi connectivity index (χ4n) is 1.18. The Morgan fingerprint density at radius 3 is 2.60 bits per heavy atom. The second kappa shape index (κ2) is 4.47. The van der Waals surface area contributed by atoms with E-state index in [0.717, 1.165) is 10.0 Å². The predicted molar refractivity (Wildman–Crippen MR) is 65.2 cm³/mol. The molecule has 0 fully saturated rings. The highest BCUT2D eigenvalue weighted by Gasteiger charge is 2.05. The zero-order valence-electron chi connectivity index (χ0n) is 7.42. The first-order chi connectivity index (χ1) is 7.16. The average Bonchev–Trinajstić information content (AvgIpc) is 2.17. The van der Waals surface area contributed by atoms with Crippen molar-refractivity contribution in [3.05, 3.63) is 45.2 Å². The Morgan fingerprint density at radius 1 is 1.13 bits per heavy atom. The van der Waals surface area contributed by atoms with Gasteiger partial charge in [0.05, 0.1) is 10.7 Å². The van der Waals surface area contributed by atoms with Gasteiger partial charge in [-0.1, -0.05) is 33.6 Å². The van der Waals surface area contributed by atoms with E-state index in [1.165, 1.54) is 0 Å². The molecule has 76 valence electrons. The maximum atomic E-state index is 6.08. The summed E-state index contributed by atoms with van der Waals surface area (Å²) in [5, 5.41) is 0.839. The summed E-state index contributed by atoms with van der Waals surface area (Å²) in [6, 6.07) is 7.36. The van der Waals surface area contributed by atoms with Crippen LogP contribution >= 0.6 is 39.1 Å². The quantitative estimate of drug-likeness (QED) is 0.737. The van der Waals surface area contributed by atoms with E-state index in [1.54, 1.807) is 12.3 Å². The van der Waals surface area contributed by atoms with Crippen molar-refractivity contribution in [3.8, 4) is 11.3 Å². The second-order valence-corrected chi connectivity index (χ2v) is 4.50. The summed E-state index contributed by atoms with van der Waals surface area (Å²) in [4.78, 5) is 7.90. The third-order valence-electron chi connectivity index (χ3n) is 1.83. The molecule has 0 bridgehead atoms. The maximum absolute atomic E-state index is 6.08. The summed E-state index contributed by atoms with van der Waals surface area (Å²) >= 11 is 15.1. The van der Waals surface area contributed by atoms with Crippen molar-refractivity contribution in [3.63, 3.8) is 0 Å². The first-order valence-corrected chi connectivity index (χ1v) is 5.65. The predicted octanol–water partition coefficient (Wildman–Crippen LogP) is 4.21. The molecule has 0 aliphatic rings. The highest BCUT2D eigenvalue weighted by Crippen LogP contribution is 2.29. The molecule has 2 aromatic rings. The van der Waals surface area contributed by atoms with Crippen LogP contribution in [0.25, 0.3) is 11.3 Å². The third-order valence-corrected chi connectivity index (χ3v) is 2.82. The molecule has 1 aromatic carbocycles. The van der Waals surface area contributed by atoms with E-state index in [9.17, 15) is 0 Å². The van der Waals surface area contributed by atoms with Crippen LogP contribution in [0.15, 0.2) is 34.9 Å². The molecular weight excluding hydrogens is 299 g/mol. The van der Waals surface area contributed by atoms with Crippen LogP contribution in [0.1, 0.15) is 0 Å². The number of halogens is 3. The topological polar surface area (TPSA) is 25.8 Å². The molecule has 0 atom stereocenters. The number of hydrogen-bond donors (Lipinski definition) is 0. The number of rotatable bonds is 1. The van der Waals surface area contributed by atoms with E-state index in [-0.39, 0.29) is 5.28 Å². The highest BCUT2D eigenvalue weighted by molar-refractivity contribution is 9.10. The van der Waals surface area contributed by atoms with Gasteiger partial charge in [0.2, 0.25) is 5.28 Å². The molecule has 2 nitrogen and oxygen atoms in total. The summed E-state index contributed by atoms with van der Waals surface area (Å²) in [6.45, 7) is 0. The fourth-order valence-corrected chi connectivity index (χ4v) is 2.10. The summed E-state index contributed by atoms with van der Waals surface area (Å²) in [5.74, 6) is 0. The molecule has 0 aliphatic heterocycles. The lowest BCUT2D eigenvalue weighted by Crippen LogP contribution is -1.87. The minimum Gasteiger partial charge on any atom is -0.226 e. The Morgan fingerprint density at radius 2 is 1.93 bits per heavy atom. The zero-order chi connectivity index (χ0) is 10.8. The van der Waals surface area contributed by atoms with Crippen molar-refractivity contribution in [2.24, 2.45) is 0 Å². The van der Waals surface area contributed by atoms with Crippen LogP contribution in [0, 0.1) is 0 Å². The van der Waals surface area contributed by atoms with E-state index in [0.29, 0.717) is 10.7 Å². The molecule has 2 rings (SSSR count). The lowest BCUT2D eigenvalue weighted by molar-refractivity contribution is 1.17. The molecule has 0 unspecified atom stereocenters. The molecule has 15 heavy (non-hydrogen) atoms. The van der Waals surface area contributed by atoms with Crippen LogP contribution in [0.2, 0.25) is 10.3 Å². The number of nitrogens with zero attached hydrogens (tertiary/aromatic N) is 2. The second-order valence-electron chi connectivity index (χ2n) is 2.84. The van der Waals surface area contributed by atoms with Gasteiger partial charge in [0.1, 0.15) is 0 Å². The standard InChI is InChI=1S/C10H5BrCl2N2/c11-6-1-2-7(8(12)5-6)9-3-4-14-10(13)15-9/h1-5H. The van der Waals surface area contributed by atoms with Crippen LogP contribution in [-0.4, -0.2) is 9.97 Å². The molecule has 0 spiro atoms. The van der Waals surface area contributed by atoms with Gasteiger partial charge in [-0.05, 0) is 29.8 Å². The SMILES string of the molecule is Clc1nccc(-c2ccc(Br)cc2Cl)n1. The van der Waals surface area contributed by atoms with Gasteiger partial charge in [-0.15, -0.1) is 0 Å². The normalized spacial score (nSPS) is 10.3. The van der Waals surface area contributed by atoms with Gasteiger partial charge < -0.3 is 0 Å². The smallest absolute Gasteiger partial charge is 0.222 e. The molecule has 0 N–H and O–H groups in total. The van der Waals surface area contributed by atoms with Crippen LogP contribution in [0.4, 0.5) is 0 Å². The first-order valence-electron chi connectivity index (χ1n) is 4.11. The molecule has 0 aliphatic carbocycles. The minimum atomic E-state index is 0.214. The third kappa shape index (κ3) is 2.48. The fraction of sp³-hybridized carbons (Fsp3) is 0. The Kier molecular flexibility index (Phi) is 3.24. The molecule has 0 radical (unpaired) electrons. The summed E-state index contributed by atoms with van der Waals surface area (Å²) in [6.07, 6.45) is 1.60. The molecule has 0 saturated heterocycles. The van der Waals surface area contributed by atoms with Crippen LogP contribution in [0.5, 0.6) is 0 Å². The van der Waals surface area contributed by atoms with Crippen LogP contribution in [0.3, 0.4) is 0 Å². The summed E-state index contributed by atoms with van der Waals surface area (Å²) in [5.41, 5.74) is 1.55. The molecule has 5 heteroatoms. The molecule has 1 heterocycles. The largest absolute Gasteiger partial charge is 0.226 e. The van der Waals surface area contributed by atoms with Gasteiger partial charge in [0, 0.05) is 16.2 Å². The average molecular weight is 304 g/mol. The summed E-state index contributed by atoms with van der Waals surface area (Å²) < 4.78 is 0.927. The molecule has 0 saturated carbocycles. The van der Waals surface area contributed by atoms with E-state index in [2.05, 4.69) is 25.9 Å². The van der Waals surface area contributed by atoms with Crippen molar-refractivity contribution in [2.75, 3.05) is 0 Å². The van der Waals surface area contributed by atoms with Crippen LogP contribution < -0.4 is 0 Å². The first kappa shape index (κ1) is 10.9. The molecule has 1 aromatic heterocycles. The minimum absolute atomic E-state index is 0.214. The van der Waals surface area contributed by atoms with Gasteiger partial charge >= 0.3 is 0 Å². The Bertz CT molecular complexity index is 503. The van der Waals surface area contributed by atoms with Crippen molar-refractivity contribution in [1.82, 2.24) is 9.97 Å². The number of aromatic nitrogens is 2. The lowest BCUT2D eigenvalue weighted by atomic mass is 10.1. The van der Waals surface area contributed by atoms with E-state index in [1.807, 2.05) is 18.2 Å². The number of hydrogen-bond acceptors (Lipinski definition) is 2. The molecular formula is C10H5BrCl2N2. The lowest BCUT2D eigenvalue weighted by Gasteiger charge is -2.03. The van der Waals surface area contributed by atoms with Crippen molar-refractivity contribution < 1.29 is 0 Å². The monoisotopic (exact) mass is 302 g/mol. The van der Waals surface area contributed by atoms with Gasteiger partial charge in [0.15, 0.2) is 0 Å². The van der Waals surface area contributed by atoms with E-state index < -0.39 is 0 Å². The van der Waals surface area contributed by atoms with Crippen molar-refractivity contribution in [1.29, 1.82) is 0 Å². The maximum Gasteiger partial charge on any atom is 0.222 e.